The standard InChI is InChI=1S/C16H32OSi/c1-8-10-11-12-13-14-15(9-2)17-18(6,7)16(3,4)5/h2,15H,8,10-14H2,1,3-7H3/t15-/m0/s1. The molecule has 0 saturated carbocycles. The molecule has 0 aliphatic heterocycles. The van der Waals surface area contributed by atoms with Crippen LogP contribution in [0.1, 0.15) is 66.2 Å². The zero-order valence-corrected chi connectivity index (χ0v) is 14.3. The number of unbranched alkanes of at least 4 members (excludes halogenated alkanes) is 4. The predicted molar refractivity (Wildman–Crippen MR) is 84.3 cm³/mol. The largest absolute Gasteiger partial charge is 0.403 e. The fraction of sp³-hybridized carbons (Fsp3) is 0.875. The zero-order valence-electron chi connectivity index (χ0n) is 13.3. The van der Waals surface area contributed by atoms with Gasteiger partial charge in [0.15, 0.2) is 8.32 Å². The summed E-state index contributed by atoms with van der Waals surface area (Å²) in [6, 6.07) is 0. The highest BCUT2D eigenvalue weighted by molar-refractivity contribution is 6.74. The van der Waals surface area contributed by atoms with Crippen molar-refractivity contribution in [2.45, 2.75) is 90.5 Å². The Labute approximate surface area is 116 Å². The van der Waals surface area contributed by atoms with E-state index in [0.717, 1.165) is 6.42 Å². The molecule has 106 valence electrons. The van der Waals surface area contributed by atoms with Crippen LogP contribution in [-0.2, 0) is 4.43 Å². The van der Waals surface area contributed by atoms with Crippen molar-refractivity contribution in [2.24, 2.45) is 0 Å². The number of rotatable bonds is 8. The lowest BCUT2D eigenvalue weighted by Crippen LogP contribution is -2.43. The maximum Gasteiger partial charge on any atom is 0.193 e. The lowest BCUT2D eigenvalue weighted by atomic mass is 10.1. The second kappa shape index (κ2) is 8.02. The third-order valence-electron chi connectivity index (χ3n) is 4.00. The van der Waals surface area contributed by atoms with Gasteiger partial charge < -0.3 is 4.43 Å². The van der Waals surface area contributed by atoms with Gasteiger partial charge in [0, 0.05) is 0 Å². The minimum absolute atomic E-state index is 0.0209. The Balaban J connectivity index is 4.09. The van der Waals surface area contributed by atoms with Crippen molar-refractivity contribution in [3.05, 3.63) is 0 Å². The highest BCUT2D eigenvalue weighted by Crippen LogP contribution is 2.37. The lowest BCUT2D eigenvalue weighted by Gasteiger charge is -2.38. The summed E-state index contributed by atoms with van der Waals surface area (Å²) in [7, 11) is -1.71. The van der Waals surface area contributed by atoms with Crippen LogP contribution in [0.15, 0.2) is 0 Å². The molecule has 0 unspecified atom stereocenters. The summed E-state index contributed by atoms with van der Waals surface area (Å²) < 4.78 is 6.26. The zero-order chi connectivity index (χ0) is 14.2. The molecule has 0 saturated heterocycles. The molecule has 1 atom stereocenters. The van der Waals surface area contributed by atoms with Crippen molar-refractivity contribution in [1.29, 1.82) is 0 Å². The van der Waals surface area contributed by atoms with Gasteiger partial charge in [0.2, 0.25) is 0 Å². The average molecular weight is 269 g/mol. The molecule has 0 spiro atoms. The van der Waals surface area contributed by atoms with Crippen molar-refractivity contribution in [2.75, 3.05) is 0 Å². The summed E-state index contributed by atoms with van der Waals surface area (Å²) >= 11 is 0. The van der Waals surface area contributed by atoms with E-state index in [-0.39, 0.29) is 11.1 Å². The quantitative estimate of drug-likeness (QED) is 0.327. The molecule has 0 aliphatic rings. The summed E-state index contributed by atoms with van der Waals surface area (Å²) in [5, 5.41) is 0.240. The molecule has 0 aliphatic carbocycles. The summed E-state index contributed by atoms with van der Waals surface area (Å²) in [5.41, 5.74) is 0. The Hall–Kier alpha value is -0.263. The Morgan fingerprint density at radius 3 is 2.11 bits per heavy atom. The SMILES string of the molecule is C#C[C@@H](CCCCCCC)O[Si](C)(C)C(C)(C)C. The van der Waals surface area contributed by atoms with E-state index in [9.17, 15) is 0 Å². The van der Waals surface area contributed by atoms with Gasteiger partial charge >= 0.3 is 0 Å². The molecule has 0 N–H and O–H groups in total. The van der Waals surface area contributed by atoms with Crippen molar-refractivity contribution >= 4 is 8.32 Å². The first-order chi connectivity index (χ1) is 8.24. The van der Waals surface area contributed by atoms with E-state index in [1.807, 2.05) is 0 Å². The first-order valence-corrected chi connectivity index (χ1v) is 10.3. The number of terminal acetylenes is 1. The van der Waals surface area contributed by atoms with Gasteiger partial charge in [-0.05, 0) is 31.0 Å². The highest BCUT2D eigenvalue weighted by atomic mass is 28.4. The molecule has 2 heteroatoms. The average Bonchev–Trinajstić information content (AvgIpc) is 2.25. The molecular weight excluding hydrogens is 236 g/mol. The van der Waals surface area contributed by atoms with E-state index in [0.29, 0.717) is 0 Å². The minimum atomic E-state index is -1.71. The molecule has 18 heavy (non-hydrogen) atoms. The second-order valence-electron chi connectivity index (χ2n) is 6.74. The molecular formula is C16H32OSi. The van der Waals surface area contributed by atoms with Gasteiger partial charge in [0.1, 0.15) is 6.10 Å². The van der Waals surface area contributed by atoms with Crippen molar-refractivity contribution in [3.8, 4) is 12.3 Å². The molecule has 0 bridgehead atoms. The molecule has 0 amide bonds. The van der Waals surface area contributed by atoms with Crippen LogP contribution in [-0.4, -0.2) is 14.4 Å². The normalized spacial score (nSPS) is 14.3. The number of hydrogen-bond donors (Lipinski definition) is 0. The molecule has 0 aromatic heterocycles. The monoisotopic (exact) mass is 268 g/mol. The lowest BCUT2D eigenvalue weighted by molar-refractivity contribution is 0.219. The second-order valence-corrected chi connectivity index (χ2v) is 11.5. The smallest absolute Gasteiger partial charge is 0.193 e. The van der Waals surface area contributed by atoms with E-state index in [1.165, 1.54) is 32.1 Å². The Morgan fingerprint density at radius 1 is 1.11 bits per heavy atom. The van der Waals surface area contributed by atoms with Crippen LogP contribution in [0, 0.1) is 12.3 Å². The van der Waals surface area contributed by atoms with E-state index in [2.05, 4.69) is 46.7 Å². The fourth-order valence-electron chi connectivity index (χ4n) is 1.64. The van der Waals surface area contributed by atoms with E-state index >= 15 is 0 Å². The highest BCUT2D eigenvalue weighted by Gasteiger charge is 2.38. The first kappa shape index (κ1) is 17.7. The summed E-state index contributed by atoms with van der Waals surface area (Å²) in [5.74, 6) is 2.83. The van der Waals surface area contributed by atoms with Gasteiger partial charge in [-0.25, -0.2) is 0 Å². The fourth-order valence-corrected chi connectivity index (χ4v) is 2.89. The van der Waals surface area contributed by atoms with Crippen LogP contribution < -0.4 is 0 Å². The Kier molecular flexibility index (Phi) is 7.90. The van der Waals surface area contributed by atoms with E-state index < -0.39 is 8.32 Å². The summed E-state index contributed by atoms with van der Waals surface area (Å²) in [4.78, 5) is 0. The van der Waals surface area contributed by atoms with Crippen LogP contribution in [0.25, 0.3) is 0 Å². The van der Waals surface area contributed by atoms with Gasteiger partial charge in [-0.15, -0.1) is 6.42 Å². The minimum Gasteiger partial charge on any atom is -0.403 e. The maximum atomic E-state index is 6.26. The summed E-state index contributed by atoms with van der Waals surface area (Å²) in [6.45, 7) is 13.6. The number of hydrogen-bond acceptors (Lipinski definition) is 1. The van der Waals surface area contributed by atoms with Gasteiger partial charge in [0.05, 0.1) is 0 Å². The first-order valence-electron chi connectivity index (χ1n) is 7.38. The molecule has 0 aromatic carbocycles. The molecule has 0 fully saturated rings. The van der Waals surface area contributed by atoms with Crippen molar-refractivity contribution < 1.29 is 4.43 Å². The van der Waals surface area contributed by atoms with Gasteiger partial charge in [-0.3, -0.25) is 0 Å². The molecule has 1 nitrogen and oxygen atoms in total. The third kappa shape index (κ3) is 6.61. The van der Waals surface area contributed by atoms with Crippen LogP contribution in [0.2, 0.25) is 18.1 Å². The molecule has 0 rings (SSSR count). The van der Waals surface area contributed by atoms with Crippen LogP contribution in [0.4, 0.5) is 0 Å². The topological polar surface area (TPSA) is 9.23 Å². The predicted octanol–water partition coefficient (Wildman–Crippen LogP) is 5.37. The van der Waals surface area contributed by atoms with Gasteiger partial charge in [-0.1, -0.05) is 59.3 Å². The molecule has 0 heterocycles. The van der Waals surface area contributed by atoms with E-state index in [4.69, 9.17) is 10.8 Å². The van der Waals surface area contributed by atoms with Crippen molar-refractivity contribution in [3.63, 3.8) is 0 Å². The van der Waals surface area contributed by atoms with Crippen LogP contribution >= 0.6 is 0 Å². The third-order valence-corrected chi connectivity index (χ3v) is 8.48. The summed E-state index contributed by atoms with van der Waals surface area (Å²) in [6.07, 6.45) is 13.1. The van der Waals surface area contributed by atoms with Crippen molar-refractivity contribution in [1.82, 2.24) is 0 Å². The van der Waals surface area contributed by atoms with Gasteiger partial charge in [-0.2, -0.15) is 0 Å². The Bertz CT molecular complexity index is 257. The molecule has 0 aromatic rings. The van der Waals surface area contributed by atoms with Crippen LogP contribution in [0.3, 0.4) is 0 Å². The Morgan fingerprint density at radius 2 is 1.67 bits per heavy atom. The van der Waals surface area contributed by atoms with E-state index in [1.54, 1.807) is 0 Å². The van der Waals surface area contributed by atoms with Crippen LogP contribution in [0.5, 0.6) is 0 Å². The van der Waals surface area contributed by atoms with Gasteiger partial charge in [0.25, 0.3) is 0 Å². The maximum absolute atomic E-state index is 6.26. The molecule has 0 radical (unpaired) electrons.